The molecule has 146 valence electrons. The maximum atomic E-state index is 12.7. The monoisotopic (exact) mass is 369 g/mol. The Balaban J connectivity index is 1.44. The number of hydrogen-bond donors (Lipinski definition) is 1. The molecule has 0 spiro atoms. The van der Waals surface area contributed by atoms with Crippen LogP contribution in [0.5, 0.6) is 5.75 Å². The Morgan fingerprint density at radius 3 is 2.56 bits per heavy atom. The fraction of sp³-hybridized carbons (Fsp3) is 0.545. The highest BCUT2D eigenvalue weighted by Crippen LogP contribution is 2.40. The molecule has 0 saturated heterocycles. The van der Waals surface area contributed by atoms with Crippen LogP contribution in [0.2, 0.25) is 0 Å². The molecule has 5 nitrogen and oxygen atoms in total. The second kappa shape index (κ2) is 8.15. The minimum atomic E-state index is -0.207. The molecule has 0 bridgehead atoms. The van der Waals surface area contributed by atoms with Crippen molar-refractivity contribution in [3.05, 3.63) is 47.3 Å². The summed E-state index contributed by atoms with van der Waals surface area (Å²) >= 11 is 0. The molecule has 1 aliphatic rings. The van der Waals surface area contributed by atoms with Gasteiger partial charge in [-0.15, -0.1) is 0 Å². The van der Waals surface area contributed by atoms with Crippen molar-refractivity contribution in [2.75, 3.05) is 13.2 Å². The summed E-state index contributed by atoms with van der Waals surface area (Å²) in [6.07, 6.45) is 4.16. The van der Waals surface area contributed by atoms with Crippen molar-refractivity contribution >= 4 is 5.91 Å². The molecule has 1 aliphatic carbocycles. The molecule has 0 unspecified atom stereocenters. The van der Waals surface area contributed by atoms with Crippen molar-refractivity contribution in [1.82, 2.24) is 15.1 Å². The third-order valence-electron chi connectivity index (χ3n) is 4.74. The first-order chi connectivity index (χ1) is 12.8. The Kier molecular flexibility index (Phi) is 5.88. The van der Waals surface area contributed by atoms with Gasteiger partial charge < -0.3 is 10.1 Å². The molecule has 1 amide bonds. The summed E-state index contributed by atoms with van der Waals surface area (Å²) < 4.78 is 7.60. The molecule has 0 aliphatic heterocycles. The second-order valence-electron chi connectivity index (χ2n) is 8.44. The number of nitrogens with zero attached hydrogens (tertiary/aromatic N) is 2. The van der Waals surface area contributed by atoms with Gasteiger partial charge >= 0.3 is 0 Å². The second-order valence-corrected chi connectivity index (χ2v) is 8.44. The highest BCUT2D eigenvalue weighted by Gasteiger charge is 2.31. The van der Waals surface area contributed by atoms with E-state index in [1.54, 1.807) is 0 Å². The van der Waals surface area contributed by atoms with E-state index in [0.29, 0.717) is 24.8 Å². The molecule has 1 aromatic carbocycles. The number of ether oxygens (including phenoxy) is 1. The van der Waals surface area contributed by atoms with Gasteiger partial charge in [0.05, 0.1) is 17.8 Å². The molecule has 1 aromatic heterocycles. The van der Waals surface area contributed by atoms with Crippen molar-refractivity contribution < 1.29 is 9.53 Å². The molecular weight excluding hydrogens is 338 g/mol. The first-order valence-electron chi connectivity index (χ1n) is 9.93. The molecule has 1 fully saturated rings. The highest BCUT2D eigenvalue weighted by molar-refractivity contribution is 5.92. The van der Waals surface area contributed by atoms with Crippen LogP contribution in [0.4, 0.5) is 0 Å². The fourth-order valence-corrected chi connectivity index (χ4v) is 3.00. The summed E-state index contributed by atoms with van der Waals surface area (Å²) in [6.45, 7) is 9.60. The van der Waals surface area contributed by atoms with Gasteiger partial charge in [0, 0.05) is 12.5 Å². The zero-order chi connectivity index (χ0) is 19.4. The molecular formula is C22H31N3O2. The number of nitrogens with one attached hydrogen (secondary N) is 1. The molecule has 1 saturated carbocycles. The zero-order valence-corrected chi connectivity index (χ0v) is 16.9. The third kappa shape index (κ3) is 5.34. The summed E-state index contributed by atoms with van der Waals surface area (Å²) in [7, 11) is 0. The average molecular weight is 370 g/mol. The molecule has 1 N–H and O–H groups in total. The number of hydrogen-bond acceptors (Lipinski definition) is 3. The number of carbonyl (C=O) groups is 1. The Hall–Kier alpha value is -2.30. The summed E-state index contributed by atoms with van der Waals surface area (Å²) in [5, 5.41) is 7.73. The molecule has 0 atom stereocenters. The topological polar surface area (TPSA) is 56.1 Å². The van der Waals surface area contributed by atoms with Gasteiger partial charge in [-0.1, -0.05) is 17.7 Å². The van der Waals surface area contributed by atoms with E-state index in [9.17, 15) is 4.79 Å². The standard InChI is InChI=1S/C22H31N3O2/c1-16-7-11-18(12-8-16)27-14-6-5-13-23-21(26)20-15-19(17-9-10-17)24-25(20)22(2,3)4/h7-8,11-12,15,17H,5-6,9-10,13-14H2,1-4H3,(H,23,26). The zero-order valence-electron chi connectivity index (χ0n) is 16.9. The van der Waals surface area contributed by atoms with Crippen molar-refractivity contribution in [1.29, 1.82) is 0 Å². The van der Waals surface area contributed by atoms with Crippen LogP contribution in [0.1, 0.15) is 74.1 Å². The SMILES string of the molecule is Cc1ccc(OCCCCNC(=O)c2cc(C3CC3)nn2C(C)(C)C)cc1. The van der Waals surface area contributed by atoms with Crippen LogP contribution in [0, 0.1) is 6.92 Å². The number of unbranched alkanes of at least 4 members (excludes halogenated alkanes) is 1. The molecule has 2 aromatic rings. The molecule has 0 radical (unpaired) electrons. The van der Waals surface area contributed by atoms with Crippen LogP contribution in [-0.2, 0) is 5.54 Å². The van der Waals surface area contributed by atoms with E-state index in [4.69, 9.17) is 9.84 Å². The summed E-state index contributed by atoms with van der Waals surface area (Å²) in [6, 6.07) is 10.0. The van der Waals surface area contributed by atoms with E-state index in [1.165, 1.54) is 18.4 Å². The van der Waals surface area contributed by atoms with Gasteiger partial charge in [-0.3, -0.25) is 9.48 Å². The van der Waals surface area contributed by atoms with Crippen LogP contribution < -0.4 is 10.1 Å². The minimum Gasteiger partial charge on any atom is -0.494 e. The fourth-order valence-electron chi connectivity index (χ4n) is 3.00. The average Bonchev–Trinajstić information content (AvgIpc) is 3.36. The molecule has 27 heavy (non-hydrogen) atoms. The number of aryl methyl sites for hydroxylation is 1. The predicted molar refractivity (Wildman–Crippen MR) is 107 cm³/mol. The summed E-state index contributed by atoms with van der Waals surface area (Å²) in [5.74, 6) is 1.40. The smallest absolute Gasteiger partial charge is 0.269 e. The van der Waals surface area contributed by atoms with Crippen LogP contribution in [0.3, 0.4) is 0 Å². The van der Waals surface area contributed by atoms with E-state index >= 15 is 0 Å². The quantitative estimate of drug-likeness (QED) is 0.701. The van der Waals surface area contributed by atoms with Gasteiger partial charge in [0.25, 0.3) is 5.91 Å². The number of amides is 1. The Morgan fingerprint density at radius 2 is 1.93 bits per heavy atom. The van der Waals surface area contributed by atoms with Gasteiger partial charge in [-0.05, 0) is 71.6 Å². The summed E-state index contributed by atoms with van der Waals surface area (Å²) in [5.41, 5.74) is 2.74. The molecule has 1 heterocycles. The van der Waals surface area contributed by atoms with E-state index in [0.717, 1.165) is 24.3 Å². The molecule has 5 heteroatoms. The molecule has 3 rings (SSSR count). The van der Waals surface area contributed by atoms with Gasteiger partial charge in [0.2, 0.25) is 0 Å². The number of rotatable bonds is 8. The highest BCUT2D eigenvalue weighted by atomic mass is 16.5. The Morgan fingerprint density at radius 1 is 1.22 bits per heavy atom. The maximum Gasteiger partial charge on any atom is 0.269 e. The van der Waals surface area contributed by atoms with Crippen molar-refractivity contribution in [3.8, 4) is 5.75 Å². The van der Waals surface area contributed by atoms with Gasteiger partial charge in [-0.2, -0.15) is 5.10 Å². The van der Waals surface area contributed by atoms with E-state index < -0.39 is 0 Å². The summed E-state index contributed by atoms with van der Waals surface area (Å²) in [4.78, 5) is 12.7. The third-order valence-corrected chi connectivity index (χ3v) is 4.74. The van der Waals surface area contributed by atoms with Crippen LogP contribution in [0.15, 0.2) is 30.3 Å². The Labute approximate surface area is 162 Å². The largest absolute Gasteiger partial charge is 0.494 e. The van der Waals surface area contributed by atoms with Gasteiger partial charge in [0.1, 0.15) is 11.4 Å². The van der Waals surface area contributed by atoms with Crippen LogP contribution >= 0.6 is 0 Å². The number of aromatic nitrogens is 2. The maximum absolute atomic E-state index is 12.7. The van der Waals surface area contributed by atoms with Crippen molar-refractivity contribution in [3.63, 3.8) is 0 Å². The van der Waals surface area contributed by atoms with Gasteiger partial charge in [-0.25, -0.2) is 0 Å². The van der Waals surface area contributed by atoms with Crippen molar-refractivity contribution in [2.45, 2.75) is 64.8 Å². The first kappa shape index (κ1) is 19.5. The Bertz CT molecular complexity index is 768. The number of benzene rings is 1. The van der Waals surface area contributed by atoms with E-state index in [-0.39, 0.29) is 11.4 Å². The van der Waals surface area contributed by atoms with Crippen molar-refractivity contribution in [2.24, 2.45) is 0 Å². The normalized spacial score (nSPS) is 14.2. The van der Waals surface area contributed by atoms with E-state index in [1.807, 2.05) is 35.0 Å². The lowest BCUT2D eigenvalue weighted by molar-refractivity contribution is 0.0934. The van der Waals surface area contributed by atoms with Crippen LogP contribution in [0.25, 0.3) is 0 Å². The predicted octanol–water partition coefficient (Wildman–Crippen LogP) is 4.41. The van der Waals surface area contributed by atoms with Crippen LogP contribution in [-0.4, -0.2) is 28.8 Å². The van der Waals surface area contributed by atoms with Gasteiger partial charge in [0.15, 0.2) is 0 Å². The lowest BCUT2D eigenvalue weighted by atomic mass is 10.1. The minimum absolute atomic E-state index is 0.0382. The number of carbonyl (C=O) groups excluding carboxylic acids is 1. The van der Waals surface area contributed by atoms with E-state index in [2.05, 4.69) is 33.0 Å². The lowest BCUT2D eigenvalue weighted by Crippen LogP contribution is -2.32. The first-order valence-corrected chi connectivity index (χ1v) is 9.93. The lowest BCUT2D eigenvalue weighted by Gasteiger charge is -2.22.